The van der Waals surface area contributed by atoms with Gasteiger partial charge in [-0.15, -0.1) is 0 Å². The fourth-order valence-corrected chi connectivity index (χ4v) is 3.36. The van der Waals surface area contributed by atoms with E-state index >= 15 is 0 Å². The summed E-state index contributed by atoms with van der Waals surface area (Å²) in [6, 6.07) is 0.531. The Kier molecular flexibility index (Phi) is 5.22. The van der Waals surface area contributed by atoms with Crippen LogP contribution in [-0.2, 0) is 13.1 Å². The summed E-state index contributed by atoms with van der Waals surface area (Å²) in [6.07, 6.45) is 4.27. The molecule has 2 atom stereocenters. The molecule has 2 heterocycles. The second-order valence-electron chi connectivity index (χ2n) is 6.22. The van der Waals surface area contributed by atoms with Crippen LogP contribution in [0.1, 0.15) is 56.5 Å². The molecular weight excluding hydrogens is 250 g/mol. The molecule has 0 amide bonds. The van der Waals surface area contributed by atoms with Crippen LogP contribution in [0.4, 0.5) is 0 Å². The predicted molar refractivity (Wildman–Crippen MR) is 81.7 cm³/mol. The van der Waals surface area contributed by atoms with Crippen LogP contribution in [-0.4, -0.2) is 38.5 Å². The Morgan fingerprint density at radius 1 is 1.40 bits per heavy atom. The number of aliphatic hydroxyl groups is 1. The Bertz CT molecular complexity index is 439. The number of aliphatic hydroxyl groups excluding tert-OH is 1. The first-order chi connectivity index (χ1) is 9.52. The van der Waals surface area contributed by atoms with E-state index in [0.717, 1.165) is 32.5 Å². The molecule has 0 saturated carbocycles. The maximum Gasteiger partial charge on any atom is 0.0641 e. The van der Waals surface area contributed by atoms with Crippen LogP contribution in [0.3, 0.4) is 0 Å². The summed E-state index contributed by atoms with van der Waals surface area (Å²) in [5.41, 5.74) is 3.86. The number of rotatable bonds is 6. The summed E-state index contributed by atoms with van der Waals surface area (Å²) in [6.45, 7) is 11.5. The predicted octanol–water partition coefficient (Wildman–Crippen LogP) is 2.65. The van der Waals surface area contributed by atoms with E-state index in [1.54, 1.807) is 0 Å². The van der Waals surface area contributed by atoms with Gasteiger partial charge in [0.2, 0.25) is 0 Å². The van der Waals surface area contributed by atoms with Crippen molar-refractivity contribution in [2.75, 3.05) is 6.54 Å². The third-order valence-corrected chi connectivity index (χ3v) is 4.44. The van der Waals surface area contributed by atoms with Crippen molar-refractivity contribution in [1.82, 2.24) is 14.7 Å². The molecular formula is C16H29N3O. The van der Waals surface area contributed by atoms with Gasteiger partial charge in [0.15, 0.2) is 0 Å². The van der Waals surface area contributed by atoms with E-state index in [1.165, 1.54) is 29.8 Å². The third-order valence-electron chi connectivity index (χ3n) is 4.44. The van der Waals surface area contributed by atoms with Gasteiger partial charge in [0.05, 0.1) is 11.8 Å². The summed E-state index contributed by atoms with van der Waals surface area (Å²) in [7, 11) is 0. The Balaban J connectivity index is 2.09. The first-order valence-corrected chi connectivity index (χ1v) is 7.98. The highest BCUT2D eigenvalue weighted by molar-refractivity contribution is 5.24. The van der Waals surface area contributed by atoms with Crippen LogP contribution >= 0.6 is 0 Å². The lowest BCUT2D eigenvalue weighted by Crippen LogP contribution is -2.31. The highest BCUT2D eigenvalue weighted by Crippen LogP contribution is 2.25. The first-order valence-electron chi connectivity index (χ1n) is 7.98. The number of aromatic nitrogens is 2. The fraction of sp³-hybridized carbons (Fsp3) is 0.812. The quantitative estimate of drug-likeness (QED) is 0.870. The minimum absolute atomic E-state index is 0.203. The lowest BCUT2D eigenvalue weighted by molar-refractivity contribution is 0.130. The van der Waals surface area contributed by atoms with Gasteiger partial charge in [0.25, 0.3) is 0 Å². The highest BCUT2D eigenvalue weighted by Gasteiger charge is 2.27. The van der Waals surface area contributed by atoms with E-state index < -0.39 is 0 Å². The Labute approximate surface area is 122 Å². The summed E-state index contributed by atoms with van der Waals surface area (Å²) in [5, 5.41) is 14.3. The molecule has 0 aromatic carbocycles. The molecule has 4 heteroatoms. The average molecular weight is 279 g/mol. The molecule has 0 bridgehead atoms. The second kappa shape index (κ2) is 6.72. The van der Waals surface area contributed by atoms with E-state index in [9.17, 15) is 5.11 Å². The van der Waals surface area contributed by atoms with E-state index in [0.29, 0.717) is 6.04 Å². The fourth-order valence-electron chi connectivity index (χ4n) is 3.36. The highest BCUT2D eigenvalue weighted by atomic mass is 16.3. The minimum Gasteiger partial charge on any atom is -0.393 e. The van der Waals surface area contributed by atoms with E-state index in [-0.39, 0.29) is 6.10 Å². The molecule has 0 spiro atoms. The van der Waals surface area contributed by atoms with Crippen molar-refractivity contribution in [3.8, 4) is 0 Å². The molecule has 4 nitrogen and oxygen atoms in total. The van der Waals surface area contributed by atoms with Gasteiger partial charge in [0, 0.05) is 30.4 Å². The topological polar surface area (TPSA) is 41.3 Å². The first kappa shape index (κ1) is 15.5. The molecule has 114 valence electrons. The molecule has 20 heavy (non-hydrogen) atoms. The molecule has 1 aliphatic heterocycles. The normalized spacial score (nSPS) is 21.6. The van der Waals surface area contributed by atoms with E-state index in [1.807, 2.05) is 6.92 Å². The number of hydrogen-bond acceptors (Lipinski definition) is 3. The van der Waals surface area contributed by atoms with Crippen molar-refractivity contribution in [2.45, 2.75) is 78.6 Å². The van der Waals surface area contributed by atoms with Crippen LogP contribution in [0, 0.1) is 13.8 Å². The van der Waals surface area contributed by atoms with Crippen molar-refractivity contribution < 1.29 is 5.11 Å². The maximum atomic E-state index is 9.64. The van der Waals surface area contributed by atoms with E-state index in [2.05, 4.69) is 35.5 Å². The zero-order valence-electron chi connectivity index (χ0n) is 13.4. The Morgan fingerprint density at radius 3 is 2.80 bits per heavy atom. The van der Waals surface area contributed by atoms with Crippen molar-refractivity contribution in [3.05, 3.63) is 17.0 Å². The summed E-state index contributed by atoms with van der Waals surface area (Å²) in [5.74, 6) is 0. The average Bonchev–Trinajstić information content (AvgIpc) is 2.90. The largest absolute Gasteiger partial charge is 0.393 e. The lowest BCUT2D eigenvalue weighted by Gasteiger charge is -2.25. The minimum atomic E-state index is -0.203. The summed E-state index contributed by atoms with van der Waals surface area (Å²) in [4.78, 5) is 2.53. The molecule has 2 unspecified atom stereocenters. The van der Waals surface area contributed by atoms with Gasteiger partial charge in [0.1, 0.15) is 0 Å². The van der Waals surface area contributed by atoms with Gasteiger partial charge in [-0.25, -0.2) is 0 Å². The van der Waals surface area contributed by atoms with Gasteiger partial charge in [-0.05, 0) is 53.0 Å². The smallest absolute Gasteiger partial charge is 0.0641 e. The molecule has 1 saturated heterocycles. The zero-order chi connectivity index (χ0) is 14.7. The second-order valence-corrected chi connectivity index (χ2v) is 6.22. The van der Waals surface area contributed by atoms with Crippen LogP contribution in [0.15, 0.2) is 0 Å². The van der Waals surface area contributed by atoms with Gasteiger partial charge < -0.3 is 5.11 Å². The molecule has 2 rings (SSSR count). The monoisotopic (exact) mass is 279 g/mol. The molecule has 1 aromatic heterocycles. The maximum absolute atomic E-state index is 9.64. The molecule has 1 aromatic rings. The third kappa shape index (κ3) is 3.41. The van der Waals surface area contributed by atoms with Gasteiger partial charge in [-0.2, -0.15) is 5.10 Å². The van der Waals surface area contributed by atoms with Crippen LogP contribution < -0.4 is 0 Å². The molecule has 1 N–H and O–H groups in total. The van der Waals surface area contributed by atoms with Crippen molar-refractivity contribution in [1.29, 1.82) is 0 Å². The molecule has 1 aliphatic rings. The SMILES string of the molecule is CCCn1nc(C)c(CN2CCCC2CC(C)O)c1C. The number of likely N-dealkylation sites (tertiary alicyclic amines) is 1. The number of hydrogen-bond donors (Lipinski definition) is 1. The van der Waals surface area contributed by atoms with E-state index in [4.69, 9.17) is 0 Å². The van der Waals surface area contributed by atoms with Gasteiger partial charge in [-0.3, -0.25) is 9.58 Å². The van der Waals surface area contributed by atoms with Crippen molar-refractivity contribution in [2.24, 2.45) is 0 Å². The number of nitrogens with zero attached hydrogens (tertiary/aromatic N) is 3. The van der Waals surface area contributed by atoms with Gasteiger partial charge >= 0.3 is 0 Å². The lowest BCUT2D eigenvalue weighted by atomic mass is 10.1. The number of aryl methyl sites for hydroxylation is 2. The van der Waals surface area contributed by atoms with Crippen LogP contribution in [0.2, 0.25) is 0 Å². The zero-order valence-corrected chi connectivity index (χ0v) is 13.4. The van der Waals surface area contributed by atoms with Gasteiger partial charge in [-0.1, -0.05) is 6.92 Å². The summed E-state index contributed by atoms with van der Waals surface area (Å²) < 4.78 is 2.14. The van der Waals surface area contributed by atoms with Crippen molar-refractivity contribution in [3.63, 3.8) is 0 Å². The van der Waals surface area contributed by atoms with Crippen molar-refractivity contribution >= 4 is 0 Å². The Morgan fingerprint density at radius 2 is 2.15 bits per heavy atom. The molecule has 0 aliphatic carbocycles. The van der Waals surface area contributed by atoms with Crippen LogP contribution in [0.5, 0.6) is 0 Å². The standard InChI is InChI=1S/C16H29N3O/c1-5-8-19-14(4)16(13(3)17-19)11-18-9-6-7-15(18)10-12(2)20/h12,15,20H,5-11H2,1-4H3. The molecule has 1 fully saturated rings. The summed E-state index contributed by atoms with van der Waals surface area (Å²) >= 11 is 0. The van der Waals surface area contributed by atoms with Crippen LogP contribution in [0.25, 0.3) is 0 Å². The molecule has 0 radical (unpaired) electrons. The Hall–Kier alpha value is -0.870.